The monoisotopic (exact) mass is 411 g/mol. The Balaban J connectivity index is 1.93. The van der Waals surface area contributed by atoms with Gasteiger partial charge in [0.1, 0.15) is 12.7 Å². The number of nitrogens with two attached hydrogens (primary N) is 1. The first-order chi connectivity index (χ1) is 13.1. The molecule has 12 nitrogen and oxygen atoms in total. The lowest BCUT2D eigenvalue weighted by atomic mass is 10.1. The molecule has 0 unspecified atom stereocenters. The highest BCUT2D eigenvalue weighted by molar-refractivity contribution is 7.89. The van der Waals surface area contributed by atoms with E-state index < -0.39 is 32.9 Å². The number of fused-ring (bicyclic) bond motifs is 1. The average Bonchev–Trinajstić information content (AvgIpc) is 2.63. The molecule has 0 bridgehead atoms. The number of carbonyl (C=O) groups is 3. The quantitative estimate of drug-likeness (QED) is 0.453. The SMILES string of the molecule is NC(=O)CN1C[C@H]2N(CC1=O)C(=O)CCN2S(=O)(=O)c1ccc([N+](=O)[O-])cc1. The molecule has 1 aromatic carbocycles. The normalized spacial score (nSPS) is 20.8. The van der Waals surface area contributed by atoms with E-state index in [1.54, 1.807) is 0 Å². The Labute approximate surface area is 159 Å². The van der Waals surface area contributed by atoms with Gasteiger partial charge in [-0.3, -0.25) is 24.5 Å². The Morgan fingerprint density at radius 1 is 1.21 bits per heavy atom. The van der Waals surface area contributed by atoms with Crippen molar-refractivity contribution in [1.82, 2.24) is 14.1 Å². The third-order valence-electron chi connectivity index (χ3n) is 4.60. The lowest BCUT2D eigenvalue weighted by Crippen LogP contribution is -2.68. The molecule has 0 radical (unpaired) electrons. The standard InChI is InChI=1S/C15H17N5O7S/c16-12(21)7-17-8-13-18(9-15(17)23)14(22)5-6-19(13)28(26,27)11-3-1-10(2-4-11)20(24)25/h1-4,13H,5-9H2,(H2,16,21)/t13-/m0/s1. The Morgan fingerprint density at radius 3 is 2.43 bits per heavy atom. The summed E-state index contributed by atoms with van der Waals surface area (Å²) >= 11 is 0. The van der Waals surface area contributed by atoms with E-state index in [0.29, 0.717) is 0 Å². The number of piperazine rings is 1. The molecule has 0 aromatic heterocycles. The van der Waals surface area contributed by atoms with E-state index in [4.69, 9.17) is 5.73 Å². The zero-order valence-electron chi connectivity index (χ0n) is 14.6. The van der Waals surface area contributed by atoms with Crippen LogP contribution in [0, 0.1) is 10.1 Å². The summed E-state index contributed by atoms with van der Waals surface area (Å²) in [5.74, 6) is -1.63. The maximum atomic E-state index is 13.1. The lowest BCUT2D eigenvalue weighted by molar-refractivity contribution is -0.384. The summed E-state index contributed by atoms with van der Waals surface area (Å²) < 4.78 is 27.2. The smallest absolute Gasteiger partial charge is 0.269 e. The summed E-state index contributed by atoms with van der Waals surface area (Å²) in [6.45, 7) is -1.05. The Kier molecular flexibility index (Phi) is 5.04. The Morgan fingerprint density at radius 2 is 1.86 bits per heavy atom. The fourth-order valence-corrected chi connectivity index (χ4v) is 4.83. The highest BCUT2D eigenvalue weighted by Crippen LogP contribution is 2.28. The van der Waals surface area contributed by atoms with Gasteiger partial charge in [0.2, 0.25) is 27.7 Å². The Hall–Kier alpha value is -3.06. The van der Waals surface area contributed by atoms with Crippen LogP contribution in [0.25, 0.3) is 0 Å². The van der Waals surface area contributed by atoms with Gasteiger partial charge in [-0.05, 0) is 12.1 Å². The summed E-state index contributed by atoms with van der Waals surface area (Å²) in [5, 5.41) is 10.8. The number of sulfonamides is 1. The van der Waals surface area contributed by atoms with Crippen molar-refractivity contribution in [2.45, 2.75) is 17.5 Å². The summed E-state index contributed by atoms with van der Waals surface area (Å²) in [6.07, 6.45) is -1.09. The number of amides is 3. The van der Waals surface area contributed by atoms with Gasteiger partial charge in [-0.2, -0.15) is 4.31 Å². The first-order valence-corrected chi connectivity index (χ1v) is 9.67. The van der Waals surface area contributed by atoms with Crippen LogP contribution in [-0.2, 0) is 24.4 Å². The molecule has 2 aliphatic heterocycles. The van der Waals surface area contributed by atoms with Crippen molar-refractivity contribution in [2.24, 2.45) is 5.73 Å². The third-order valence-corrected chi connectivity index (χ3v) is 6.51. The fraction of sp³-hybridized carbons (Fsp3) is 0.400. The van der Waals surface area contributed by atoms with Crippen LogP contribution in [0.4, 0.5) is 5.69 Å². The van der Waals surface area contributed by atoms with Crippen molar-refractivity contribution in [3.05, 3.63) is 34.4 Å². The minimum absolute atomic E-state index is 0.105. The molecule has 3 rings (SSSR count). The maximum absolute atomic E-state index is 13.1. The minimum atomic E-state index is -4.10. The molecule has 3 amide bonds. The van der Waals surface area contributed by atoms with E-state index in [1.807, 2.05) is 0 Å². The van der Waals surface area contributed by atoms with Crippen LogP contribution in [0.15, 0.2) is 29.2 Å². The number of rotatable bonds is 5. The van der Waals surface area contributed by atoms with Gasteiger partial charge in [0.05, 0.1) is 22.9 Å². The van der Waals surface area contributed by atoms with Crippen molar-refractivity contribution in [3.8, 4) is 0 Å². The maximum Gasteiger partial charge on any atom is 0.269 e. The summed E-state index contributed by atoms with van der Waals surface area (Å²) in [6, 6.07) is 4.37. The second-order valence-electron chi connectivity index (χ2n) is 6.36. The highest BCUT2D eigenvalue weighted by atomic mass is 32.2. The number of hydrogen-bond acceptors (Lipinski definition) is 7. The van der Waals surface area contributed by atoms with Gasteiger partial charge in [0.25, 0.3) is 5.69 Å². The van der Waals surface area contributed by atoms with Gasteiger partial charge < -0.3 is 15.5 Å². The molecule has 28 heavy (non-hydrogen) atoms. The topological polar surface area (TPSA) is 164 Å². The Bertz CT molecular complexity index is 946. The first kappa shape index (κ1) is 19.7. The summed E-state index contributed by atoms with van der Waals surface area (Å²) in [7, 11) is -4.10. The van der Waals surface area contributed by atoms with Gasteiger partial charge in [-0.25, -0.2) is 8.42 Å². The van der Waals surface area contributed by atoms with E-state index in [9.17, 15) is 32.9 Å². The second-order valence-corrected chi connectivity index (χ2v) is 8.25. The molecule has 1 atom stereocenters. The van der Waals surface area contributed by atoms with Crippen LogP contribution in [0.5, 0.6) is 0 Å². The molecule has 2 saturated heterocycles. The van der Waals surface area contributed by atoms with Crippen LogP contribution in [0.3, 0.4) is 0 Å². The highest BCUT2D eigenvalue weighted by Gasteiger charge is 2.46. The summed E-state index contributed by atoms with van der Waals surface area (Å²) in [4.78, 5) is 47.8. The van der Waals surface area contributed by atoms with E-state index in [0.717, 1.165) is 38.4 Å². The molecule has 2 N–H and O–H groups in total. The number of hydrogen-bond donors (Lipinski definition) is 1. The van der Waals surface area contributed by atoms with E-state index in [1.165, 1.54) is 0 Å². The number of nitrogens with zero attached hydrogens (tertiary/aromatic N) is 4. The van der Waals surface area contributed by atoms with Gasteiger partial charge in [-0.15, -0.1) is 0 Å². The zero-order valence-corrected chi connectivity index (χ0v) is 15.4. The van der Waals surface area contributed by atoms with Crippen molar-refractivity contribution < 1.29 is 27.7 Å². The van der Waals surface area contributed by atoms with Crippen LogP contribution >= 0.6 is 0 Å². The fourth-order valence-electron chi connectivity index (χ4n) is 3.24. The number of carbonyl (C=O) groups excluding carboxylic acids is 3. The third kappa shape index (κ3) is 3.53. The molecular formula is C15H17N5O7S. The molecule has 2 fully saturated rings. The number of non-ortho nitro benzene ring substituents is 1. The molecule has 2 aliphatic rings. The minimum Gasteiger partial charge on any atom is -0.368 e. The number of benzene rings is 1. The molecule has 1 aromatic rings. The second kappa shape index (κ2) is 7.16. The molecule has 150 valence electrons. The number of nitro benzene ring substituents is 1. The van der Waals surface area contributed by atoms with Crippen LogP contribution in [0.2, 0.25) is 0 Å². The molecule has 2 heterocycles. The van der Waals surface area contributed by atoms with Gasteiger partial charge >= 0.3 is 0 Å². The van der Waals surface area contributed by atoms with Crippen LogP contribution in [0.1, 0.15) is 6.42 Å². The predicted octanol–water partition coefficient (Wildman–Crippen LogP) is -1.53. The molecule has 13 heteroatoms. The zero-order chi connectivity index (χ0) is 20.6. The van der Waals surface area contributed by atoms with Gasteiger partial charge in [0.15, 0.2) is 0 Å². The van der Waals surface area contributed by atoms with Crippen molar-refractivity contribution in [1.29, 1.82) is 0 Å². The van der Waals surface area contributed by atoms with Crippen LogP contribution in [-0.4, -0.2) is 77.5 Å². The molecule has 0 saturated carbocycles. The summed E-state index contributed by atoms with van der Waals surface area (Å²) in [5.41, 5.74) is 4.87. The average molecular weight is 411 g/mol. The largest absolute Gasteiger partial charge is 0.368 e. The lowest BCUT2D eigenvalue weighted by Gasteiger charge is -2.47. The van der Waals surface area contributed by atoms with E-state index >= 15 is 0 Å². The van der Waals surface area contributed by atoms with Crippen molar-refractivity contribution in [3.63, 3.8) is 0 Å². The van der Waals surface area contributed by atoms with Crippen molar-refractivity contribution in [2.75, 3.05) is 26.2 Å². The van der Waals surface area contributed by atoms with E-state index in [-0.39, 0.29) is 49.1 Å². The van der Waals surface area contributed by atoms with Gasteiger partial charge in [-0.1, -0.05) is 0 Å². The van der Waals surface area contributed by atoms with Gasteiger partial charge in [0, 0.05) is 25.1 Å². The molecule has 0 spiro atoms. The van der Waals surface area contributed by atoms with Crippen molar-refractivity contribution >= 4 is 33.4 Å². The number of nitro groups is 1. The number of primary amides is 1. The molecule has 0 aliphatic carbocycles. The predicted molar refractivity (Wildman–Crippen MR) is 92.9 cm³/mol. The van der Waals surface area contributed by atoms with E-state index in [2.05, 4.69) is 0 Å². The van der Waals surface area contributed by atoms with Crippen LogP contribution < -0.4 is 5.73 Å². The first-order valence-electron chi connectivity index (χ1n) is 8.23. The molecular weight excluding hydrogens is 394 g/mol.